The summed E-state index contributed by atoms with van der Waals surface area (Å²) in [5, 5.41) is 2.09. The Labute approximate surface area is 500 Å². The molecule has 0 fully saturated rings. The Morgan fingerprint density at radius 3 is 1.76 bits per heavy atom. The average molecular weight is 1090 g/mol. The molecule has 1 aliphatic heterocycles. The van der Waals surface area contributed by atoms with Crippen LogP contribution in [0.5, 0.6) is 23.0 Å². The zero-order chi connectivity index (χ0) is 64.3. The van der Waals surface area contributed by atoms with Crippen molar-refractivity contribution in [3.05, 3.63) is 265 Å². The first-order valence-corrected chi connectivity index (χ1v) is 28.7. The maximum Gasteiger partial charge on any atom is 0.143 e. The minimum absolute atomic E-state index is 0.0950. The fourth-order valence-electron chi connectivity index (χ4n) is 13.2. The van der Waals surface area contributed by atoms with E-state index in [0.29, 0.717) is 34.7 Å². The molecule has 0 N–H and O–H groups in total. The van der Waals surface area contributed by atoms with Crippen molar-refractivity contribution in [2.24, 2.45) is 0 Å². The van der Waals surface area contributed by atoms with Crippen molar-refractivity contribution < 1.29 is 23.2 Å². The molecule has 15 rings (SSSR count). The van der Waals surface area contributed by atoms with Crippen LogP contribution in [0.15, 0.2) is 243 Å². The SMILES string of the molecule is [2H]c1c([2H])c([2H])c(-c2cccc(-c3c([2H])c([2H])c([2H])c([2H])c3[2H])c2N2CN(c3cccc(Oc4ccc5c6cc(C(C)(C)C)ccc6n(-c6cc(Oc7c(-c8ccccc8)c8c9c(c7-c7ccccc7)CCCC9CCC8)ccn6)c5c4)c3)c3ccccc32)c([2H])c1[2H]. The van der Waals surface area contributed by atoms with Gasteiger partial charge in [0.15, 0.2) is 0 Å². The summed E-state index contributed by atoms with van der Waals surface area (Å²) in [5.41, 5.74) is 14.6. The lowest BCUT2D eigenvalue weighted by Gasteiger charge is -2.36. The van der Waals surface area contributed by atoms with Crippen molar-refractivity contribution >= 4 is 44.6 Å². The van der Waals surface area contributed by atoms with Crippen molar-refractivity contribution in [2.75, 3.05) is 16.5 Å². The molecule has 0 saturated heterocycles. The zero-order valence-corrected chi connectivity index (χ0v) is 46.5. The quantitative estimate of drug-likeness (QED) is 0.129. The van der Waals surface area contributed by atoms with Gasteiger partial charge in [0.1, 0.15) is 35.5 Å². The lowest BCUT2D eigenvalue weighted by Crippen LogP contribution is -2.24. The van der Waals surface area contributed by atoms with Crippen LogP contribution in [0.1, 0.15) is 88.3 Å². The summed E-state index contributed by atoms with van der Waals surface area (Å²) < 4.78 is 105. The zero-order valence-electron chi connectivity index (χ0n) is 56.5. The second kappa shape index (κ2) is 20.7. The predicted molar refractivity (Wildman–Crippen MR) is 343 cm³/mol. The molecule has 0 bridgehead atoms. The number of pyridine rings is 1. The van der Waals surface area contributed by atoms with Gasteiger partial charge in [-0.05, 0) is 149 Å². The molecule has 0 unspecified atom stereocenters. The van der Waals surface area contributed by atoms with Gasteiger partial charge in [0.05, 0.1) is 41.8 Å². The van der Waals surface area contributed by atoms with Crippen molar-refractivity contribution in [2.45, 2.75) is 70.6 Å². The number of rotatable bonds is 11. The Kier molecular flexibility index (Phi) is 10.1. The van der Waals surface area contributed by atoms with E-state index in [2.05, 4.69) is 127 Å². The lowest BCUT2D eigenvalue weighted by molar-refractivity contribution is 0.461. The molecule has 0 spiro atoms. The number of ether oxygens (including phenoxy) is 2. The van der Waals surface area contributed by atoms with E-state index in [1.165, 1.54) is 46.2 Å². The molecule has 6 nitrogen and oxygen atoms in total. The standard InChI is InChI=1S/C77H64N4O2/c1-77(2,3)56-40-43-67-66(46-56)63-42-41-59(82-58-33-20-32-57(47-58)79-50-80(69-39-17-16-38-68(69)79)75-61(51-22-8-4-9-23-51)34-21-35-62(75)52-24-10-5-11-25-52)48-70(63)81(67)71-49-60(44-45-78-71)83-76-73(54-26-12-6-13-27-54)64-36-18-30-53-31-19-37-65(72(53)64)74(76)55-28-14-7-15-29-55/h4-17,20-29,32-35,38-49,53H,18-19,30-31,36-37,50H2,1-3H3/i4D,5D,8D,9D,10D,11D,22D,23D,24D,25D. The maximum absolute atomic E-state index is 9.16. The van der Waals surface area contributed by atoms with Gasteiger partial charge in [-0.25, -0.2) is 4.98 Å². The number of hydrogen-bond acceptors (Lipinski definition) is 5. The number of benzene rings is 10. The normalized spacial score (nSPS) is 15.7. The minimum atomic E-state index is -0.555. The molecule has 3 aliphatic rings. The molecule has 6 heteroatoms. The largest absolute Gasteiger partial charge is 0.457 e. The van der Waals surface area contributed by atoms with Crippen LogP contribution < -0.4 is 19.3 Å². The third kappa shape index (κ3) is 9.01. The molecule has 2 aliphatic carbocycles. The molecule has 2 aromatic heterocycles. The van der Waals surface area contributed by atoms with Crippen LogP contribution in [0.2, 0.25) is 0 Å². The Morgan fingerprint density at radius 2 is 1.11 bits per heavy atom. The van der Waals surface area contributed by atoms with Gasteiger partial charge in [0.2, 0.25) is 0 Å². The van der Waals surface area contributed by atoms with Gasteiger partial charge in [-0.1, -0.05) is 184 Å². The van der Waals surface area contributed by atoms with Crippen molar-refractivity contribution in [3.63, 3.8) is 0 Å². The molecule has 0 saturated carbocycles. The predicted octanol–water partition coefficient (Wildman–Crippen LogP) is 20.7. The van der Waals surface area contributed by atoms with E-state index in [-0.39, 0.29) is 40.0 Å². The van der Waals surface area contributed by atoms with E-state index in [4.69, 9.17) is 28.2 Å². The molecule has 0 atom stereocenters. The Bertz CT molecular complexity index is 4830. The highest BCUT2D eigenvalue weighted by atomic mass is 16.5. The van der Waals surface area contributed by atoms with Gasteiger partial charge in [0, 0.05) is 63.1 Å². The summed E-state index contributed by atoms with van der Waals surface area (Å²) in [5.74, 6) is 3.86. The molecule has 0 radical (unpaired) electrons. The van der Waals surface area contributed by atoms with Crippen LogP contribution in [0.4, 0.5) is 22.7 Å². The van der Waals surface area contributed by atoms with Gasteiger partial charge < -0.3 is 19.3 Å². The van der Waals surface area contributed by atoms with Crippen LogP contribution in [-0.2, 0) is 18.3 Å². The number of aromatic nitrogens is 2. The lowest BCUT2D eigenvalue weighted by atomic mass is 9.69. The van der Waals surface area contributed by atoms with E-state index in [9.17, 15) is 0 Å². The summed E-state index contributed by atoms with van der Waals surface area (Å²) in [6.45, 7) is 6.77. The summed E-state index contributed by atoms with van der Waals surface area (Å²) in [6, 6.07) is 53.6. The van der Waals surface area contributed by atoms with Crippen LogP contribution >= 0.6 is 0 Å². The second-order valence-corrected chi connectivity index (χ2v) is 22.9. The fraction of sp³-hybridized carbons (Fsp3) is 0.156. The maximum atomic E-state index is 9.16. The molecule has 12 aromatic rings. The van der Waals surface area contributed by atoms with Crippen LogP contribution in [-0.4, -0.2) is 16.2 Å². The van der Waals surface area contributed by atoms with E-state index < -0.39 is 60.4 Å². The molecule has 404 valence electrons. The molecule has 3 heterocycles. The van der Waals surface area contributed by atoms with Gasteiger partial charge in [-0.15, -0.1) is 0 Å². The number of para-hydroxylation sites is 3. The van der Waals surface area contributed by atoms with Gasteiger partial charge in [0.25, 0.3) is 0 Å². The van der Waals surface area contributed by atoms with Crippen molar-refractivity contribution in [1.29, 1.82) is 0 Å². The molecule has 0 amide bonds. The Hall–Kier alpha value is -9.65. The second-order valence-electron chi connectivity index (χ2n) is 22.9. The minimum Gasteiger partial charge on any atom is -0.457 e. The van der Waals surface area contributed by atoms with E-state index in [1.807, 2.05) is 71.8 Å². The highest BCUT2D eigenvalue weighted by molar-refractivity contribution is 6.10. The monoisotopic (exact) mass is 1090 g/mol. The Balaban J connectivity index is 0.833. The highest BCUT2D eigenvalue weighted by Crippen LogP contribution is 2.55. The summed E-state index contributed by atoms with van der Waals surface area (Å²) in [4.78, 5) is 9.09. The fourth-order valence-corrected chi connectivity index (χ4v) is 13.2. The number of fused-ring (bicyclic) bond motifs is 4. The van der Waals surface area contributed by atoms with Crippen molar-refractivity contribution in [3.8, 4) is 73.3 Å². The molecular formula is C77H64N4O2. The molecular weight excluding hydrogens is 1010 g/mol. The number of nitrogens with zero attached hydrogens (tertiary/aromatic N) is 4. The first-order chi connectivity index (χ1) is 44.9. The summed E-state index contributed by atoms with van der Waals surface area (Å²) in [6.07, 6.45) is 8.53. The van der Waals surface area contributed by atoms with Crippen LogP contribution in [0.25, 0.3) is 72.1 Å². The molecule has 10 aromatic carbocycles. The topological polar surface area (TPSA) is 42.8 Å². The van der Waals surface area contributed by atoms with Gasteiger partial charge in [-0.3, -0.25) is 4.57 Å². The number of anilines is 4. The van der Waals surface area contributed by atoms with E-state index in [1.54, 1.807) is 18.2 Å². The third-order valence-electron chi connectivity index (χ3n) is 16.9. The molecule has 83 heavy (non-hydrogen) atoms. The van der Waals surface area contributed by atoms with Crippen LogP contribution in [0, 0.1) is 0 Å². The van der Waals surface area contributed by atoms with E-state index >= 15 is 0 Å². The number of hydrogen-bond donors (Lipinski definition) is 0. The van der Waals surface area contributed by atoms with Crippen molar-refractivity contribution in [1.82, 2.24) is 9.55 Å². The van der Waals surface area contributed by atoms with Gasteiger partial charge >= 0.3 is 0 Å². The summed E-state index contributed by atoms with van der Waals surface area (Å²) in [7, 11) is 0. The third-order valence-corrected chi connectivity index (χ3v) is 16.9. The van der Waals surface area contributed by atoms with Crippen LogP contribution in [0.3, 0.4) is 0 Å². The first-order valence-electron chi connectivity index (χ1n) is 33.7. The van der Waals surface area contributed by atoms with E-state index in [0.717, 1.165) is 75.7 Å². The highest BCUT2D eigenvalue weighted by Gasteiger charge is 2.36. The Morgan fingerprint density at radius 1 is 0.506 bits per heavy atom. The average Bonchev–Trinajstić information content (AvgIpc) is 1.74. The smallest absolute Gasteiger partial charge is 0.143 e. The first kappa shape index (κ1) is 40.5. The van der Waals surface area contributed by atoms with Gasteiger partial charge in [-0.2, -0.15) is 0 Å². The summed E-state index contributed by atoms with van der Waals surface area (Å²) >= 11 is 0.